The van der Waals surface area contributed by atoms with Crippen LogP contribution in [0.3, 0.4) is 0 Å². The number of aryl methyl sites for hydroxylation is 1. The smallest absolute Gasteiger partial charge is 0.0628 e. The molecule has 3 rings (SSSR count). The Morgan fingerprint density at radius 2 is 2.11 bits per heavy atom. The number of fused-ring (bicyclic) bond motifs is 1. The molecule has 2 nitrogen and oxygen atoms in total. The average molecular weight is 272 g/mol. The first-order chi connectivity index (χ1) is 9.20. The van der Waals surface area contributed by atoms with Gasteiger partial charge in [-0.05, 0) is 37.5 Å². The van der Waals surface area contributed by atoms with Crippen molar-refractivity contribution in [3.63, 3.8) is 0 Å². The molecule has 0 saturated heterocycles. The van der Waals surface area contributed by atoms with E-state index in [1.807, 2.05) is 11.8 Å². The number of hydrogen-bond donors (Lipinski definition) is 0. The van der Waals surface area contributed by atoms with Gasteiger partial charge in [-0.25, -0.2) is 0 Å². The standard InChI is InChI=1S/C16H20N2S/c1-4-14-11(2)17-18(12(14)3)9-13-10-19-16-8-6-5-7-15(13)16/h5-8,13H,4,9-10H2,1-3H3. The highest BCUT2D eigenvalue weighted by molar-refractivity contribution is 7.99. The third-order valence-electron chi connectivity index (χ3n) is 4.08. The van der Waals surface area contributed by atoms with Crippen LogP contribution < -0.4 is 0 Å². The molecule has 19 heavy (non-hydrogen) atoms. The second kappa shape index (κ2) is 5.04. The Balaban J connectivity index is 1.88. The summed E-state index contributed by atoms with van der Waals surface area (Å²) in [5.41, 5.74) is 5.45. The van der Waals surface area contributed by atoms with Gasteiger partial charge in [-0.2, -0.15) is 5.10 Å². The topological polar surface area (TPSA) is 17.8 Å². The van der Waals surface area contributed by atoms with E-state index in [-0.39, 0.29) is 0 Å². The van der Waals surface area contributed by atoms with Gasteiger partial charge in [0.05, 0.1) is 5.69 Å². The minimum atomic E-state index is 0.601. The second-order valence-corrected chi connectivity index (χ2v) is 6.29. The lowest BCUT2D eigenvalue weighted by atomic mass is 10.0. The lowest BCUT2D eigenvalue weighted by molar-refractivity contribution is 0.534. The fourth-order valence-corrected chi connectivity index (χ4v) is 4.25. The molecule has 1 aliphatic heterocycles. The fourth-order valence-electron chi connectivity index (χ4n) is 3.01. The molecular weight excluding hydrogens is 252 g/mol. The van der Waals surface area contributed by atoms with Crippen molar-refractivity contribution in [2.75, 3.05) is 5.75 Å². The normalized spacial score (nSPS) is 17.7. The van der Waals surface area contributed by atoms with Crippen LogP contribution in [0.15, 0.2) is 29.2 Å². The third-order valence-corrected chi connectivity index (χ3v) is 5.33. The summed E-state index contributed by atoms with van der Waals surface area (Å²) in [6.07, 6.45) is 1.08. The van der Waals surface area contributed by atoms with Gasteiger partial charge < -0.3 is 0 Å². The Kier molecular flexibility index (Phi) is 3.40. The van der Waals surface area contributed by atoms with E-state index in [0.717, 1.165) is 13.0 Å². The zero-order valence-electron chi connectivity index (χ0n) is 11.8. The van der Waals surface area contributed by atoms with Crippen LogP contribution in [0.2, 0.25) is 0 Å². The van der Waals surface area contributed by atoms with Crippen molar-refractivity contribution in [1.82, 2.24) is 9.78 Å². The molecule has 0 fully saturated rings. The van der Waals surface area contributed by atoms with Gasteiger partial charge in [0.15, 0.2) is 0 Å². The van der Waals surface area contributed by atoms with Gasteiger partial charge in [-0.15, -0.1) is 11.8 Å². The largest absolute Gasteiger partial charge is 0.269 e. The lowest BCUT2D eigenvalue weighted by Crippen LogP contribution is -2.11. The van der Waals surface area contributed by atoms with Crippen LogP contribution in [-0.2, 0) is 13.0 Å². The predicted octanol–water partition coefficient (Wildman–Crippen LogP) is 3.95. The molecule has 0 aliphatic carbocycles. The predicted molar refractivity (Wildman–Crippen MR) is 81.0 cm³/mol. The van der Waals surface area contributed by atoms with Crippen molar-refractivity contribution in [2.24, 2.45) is 0 Å². The molecule has 2 heterocycles. The molecule has 1 aromatic carbocycles. The van der Waals surface area contributed by atoms with Crippen molar-refractivity contribution >= 4 is 11.8 Å². The number of hydrogen-bond acceptors (Lipinski definition) is 2. The summed E-state index contributed by atoms with van der Waals surface area (Å²) in [7, 11) is 0. The zero-order chi connectivity index (χ0) is 13.4. The van der Waals surface area contributed by atoms with Gasteiger partial charge in [0.1, 0.15) is 0 Å². The minimum Gasteiger partial charge on any atom is -0.269 e. The van der Waals surface area contributed by atoms with Gasteiger partial charge in [0.25, 0.3) is 0 Å². The van der Waals surface area contributed by atoms with E-state index in [1.165, 1.54) is 33.2 Å². The molecule has 3 heteroatoms. The quantitative estimate of drug-likeness (QED) is 0.842. The minimum absolute atomic E-state index is 0.601. The molecule has 0 radical (unpaired) electrons. The van der Waals surface area contributed by atoms with Crippen molar-refractivity contribution in [2.45, 2.75) is 44.6 Å². The fraction of sp³-hybridized carbons (Fsp3) is 0.438. The van der Waals surface area contributed by atoms with E-state index in [1.54, 1.807) is 0 Å². The number of thioether (sulfide) groups is 1. The van der Waals surface area contributed by atoms with Crippen molar-refractivity contribution in [3.05, 3.63) is 46.8 Å². The van der Waals surface area contributed by atoms with E-state index < -0.39 is 0 Å². The summed E-state index contributed by atoms with van der Waals surface area (Å²) in [5, 5.41) is 4.72. The molecule has 1 aromatic heterocycles. The monoisotopic (exact) mass is 272 g/mol. The highest BCUT2D eigenvalue weighted by Gasteiger charge is 2.24. The second-order valence-electron chi connectivity index (χ2n) is 5.23. The molecule has 100 valence electrons. The van der Waals surface area contributed by atoms with E-state index in [4.69, 9.17) is 5.10 Å². The van der Waals surface area contributed by atoms with Crippen LogP contribution in [0.5, 0.6) is 0 Å². The lowest BCUT2D eigenvalue weighted by Gasteiger charge is -2.12. The Morgan fingerprint density at radius 3 is 2.84 bits per heavy atom. The van der Waals surface area contributed by atoms with Crippen LogP contribution in [-0.4, -0.2) is 15.5 Å². The SMILES string of the molecule is CCc1c(C)nn(CC2CSc3ccccc32)c1C. The van der Waals surface area contributed by atoms with Gasteiger partial charge in [0, 0.05) is 28.8 Å². The first-order valence-corrected chi connectivity index (χ1v) is 7.94. The van der Waals surface area contributed by atoms with Gasteiger partial charge in [-0.1, -0.05) is 25.1 Å². The van der Waals surface area contributed by atoms with Crippen molar-refractivity contribution in [1.29, 1.82) is 0 Å². The van der Waals surface area contributed by atoms with Crippen LogP contribution in [0, 0.1) is 13.8 Å². The zero-order valence-corrected chi connectivity index (χ0v) is 12.6. The number of benzene rings is 1. The Bertz CT molecular complexity index is 601. The first kappa shape index (κ1) is 12.8. The van der Waals surface area contributed by atoms with Crippen LogP contribution >= 0.6 is 11.8 Å². The summed E-state index contributed by atoms with van der Waals surface area (Å²) in [4.78, 5) is 1.45. The maximum absolute atomic E-state index is 4.72. The summed E-state index contributed by atoms with van der Waals surface area (Å²) in [6, 6.07) is 8.79. The molecule has 2 aromatic rings. The first-order valence-electron chi connectivity index (χ1n) is 6.95. The van der Waals surface area contributed by atoms with Crippen LogP contribution in [0.25, 0.3) is 0 Å². The van der Waals surface area contributed by atoms with E-state index in [0.29, 0.717) is 5.92 Å². The molecule has 0 bridgehead atoms. The van der Waals surface area contributed by atoms with Crippen molar-refractivity contribution in [3.8, 4) is 0 Å². The molecule has 1 atom stereocenters. The molecule has 0 amide bonds. The van der Waals surface area contributed by atoms with Gasteiger partial charge in [-0.3, -0.25) is 4.68 Å². The number of aromatic nitrogens is 2. The molecular formula is C16H20N2S. The molecule has 0 spiro atoms. The highest BCUT2D eigenvalue weighted by atomic mass is 32.2. The highest BCUT2D eigenvalue weighted by Crippen LogP contribution is 2.40. The third kappa shape index (κ3) is 2.20. The maximum atomic E-state index is 4.72. The average Bonchev–Trinajstić information content (AvgIpc) is 2.93. The Labute approximate surface area is 119 Å². The van der Waals surface area contributed by atoms with E-state index in [9.17, 15) is 0 Å². The van der Waals surface area contributed by atoms with Gasteiger partial charge in [0.2, 0.25) is 0 Å². The van der Waals surface area contributed by atoms with E-state index >= 15 is 0 Å². The summed E-state index contributed by atoms with van der Waals surface area (Å²) >= 11 is 1.98. The Morgan fingerprint density at radius 1 is 1.32 bits per heavy atom. The molecule has 1 aliphatic rings. The maximum Gasteiger partial charge on any atom is 0.0628 e. The Hall–Kier alpha value is -1.22. The molecule has 0 N–H and O–H groups in total. The van der Waals surface area contributed by atoms with Crippen LogP contribution in [0.4, 0.5) is 0 Å². The summed E-state index contributed by atoms with van der Waals surface area (Å²) < 4.78 is 2.21. The number of rotatable bonds is 3. The molecule has 1 unspecified atom stereocenters. The number of nitrogens with zero attached hydrogens (tertiary/aromatic N) is 2. The summed E-state index contributed by atoms with van der Waals surface area (Å²) in [5.74, 6) is 1.78. The molecule has 0 saturated carbocycles. The van der Waals surface area contributed by atoms with Crippen molar-refractivity contribution < 1.29 is 0 Å². The van der Waals surface area contributed by atoms with Crippen LogP contribution in [0.1, 0.15) is 35.4 Å². The van der Waals surface area contributed by atoms with E-state index in [2.05, 4.69) is 49.7 Å². The van der Waals surface area contributed by atoms with Gasteiger partial charge >= 0.3 is 0 Å². The summed E-state index contributed by atoms with van der Waals surface area (Å²) in [6.45, 7) is 7.55.